The van der Waals surface area contributed by atoms with E-state index in [0.29, 0.717) is 40.4 Å². The van der Waals surface area contributed by atoms with Crippen LogP contribution in [0.3, 0.4) is 0 Å². The molecule has 9 heteroatoms. The van der Waals surface area contributed by atoms with Gasteiger partial charge < -0.3 is 14.2 Å². The third kappa shape index (κ3) is 4.05. The SMILES string of the molecule is COc1cc(/C=N\n2c(SCc3ccccc3)n[nH]c2=S)cc2c1OCCO2. The van der Waals surface area contributed by atoms with Gasteiger partial charge in [0.05, 0.1) is 13.3 Å². The summed E-state index contributed by atoms with van der Waals surface area (Å²) in [7, 11) is 1.60. The van der Waals surface area contributed by atoms with Gasteiger partial charge in [-0.3, -0.25) is 0 Å². The number of benzene rings is 2. The van der Waals surface area contributed by atoms with Gasteiger partial charge in [0.25, 0.3) is 0 Å². The molecule has 3 aromatic rings. The average Bonchev–Trinajstić information content (AvgIpc) is 3.10. The first-order valence-corrected chi connectivity index (χ1v) is 10.00. The Labute approximate surface area is 171 Å². The van der Waals surface area contributed by atoms with Crippen molar-refractivity contribution in [3.63, 3.8) is 0 Å². The Balaban J connectivity index is 1.57. The standard InChI is InChI=1S/C19H18N4O3S2/c1-24-15-9-14(10-16-17(15)26-8-7-25-16)11-20-23-18(27)21-22-19(23)28-12-13-5-3-2-4-6-13/h2-6,9-11H,7-8,12H2,1H3,(H,21,27)/b20-11-. The lowest BCUT2D eigenvalue weighted by atomic mass is 10.2. The van der Waals surface area contributed by atoms with Gasteiger partial charge in [-0.1, -0.05) is 42.1 Å². The number of H-pyrrole nitrogens is 1. The lowest BCUT2D eigenvalue weighted by Crippen LogP contribution is -2.16. The molecule has 0 unspecified atom stereocenters. The predicted molar refractivity (Wildman–Crippen MR) is 110 cm³/mol. The first-order valence-electron chi connectivity index (χ1n) is 8.61. The number of nitrogens with one attached hydrogen (secondary N) is 1. The van der Waals surface area contributed by atoms with Crippen molar-refractivity contribution in [2.75, 3.05) is 20.3 Å². The molecule has 28 heavy (non-hydrogen) atoms. The van der Waals surface area contributed by atoms with Crippen LogP contribution in [-0.2, 0) is 5.75 Å². The van der Waals surface area contributed by atoms with Crippen molar-refractivity contribution < 1.29 is 14.2 Å². The van der Waals surface area contributed by atoms with Gasteiger partial charge in [-0.25, -0.2) is 5.10 Å². The van der Waals surface area contributed by atoms with E-state index in [4.69, 9.17) is 26.4 Å². The van der Waals surface area contributed by atoms with Crippen molar-refractivity contribution in [3.05, 3.63) is 58.4 Å². The first-order chi connectivity index (χ1) is 13.7. The van der Waals surface area contributed by atoms with Crippen molar-refractivity contribution in [3.8, 4) is 17.2 Å². The number of methoxy groups -OCH3 is 1. The Morgan fingerprint density at radius 2 is 2.11 bits per heavy atom. The molecule has 0 bridgehead atoms. The van der Waals surface area contributed by atoms with Crippen LogP contribution >= 0.6 is 24.0 Å². The summed E-state index contributed by atoms with van der Waals surface area (Å²) in [5.41, 5.74) is 2.01. The number of aromatic nitrogens is 3. The monoisotopic (exact) mass is 414 g/mol. The van der Waals surface area contributed by atoms with Crippen LogP contribution in [0.25, 0.3) is 0 Å². The zero-order valence-corrected chi connectivity index (χ0v) is 16.8. The summed E-state index contributed by atoms with van der Waals surface area (Å²) in [6, 6.07) is 13.9. The minimum Gasteiger partial charge on any atom is -0.493 e. The van der Waals surface area contributed by atoms with Gasteiger partial charge in [0.1, 0.15) is 13.2 Å². The molecule has 0 spiro atoms. The maximum Gasteiger partial charge on any atom is 0.217 e. The van der Waals surface area contributed by atoms with E-state index in [-0.39, 0.29) is 0 Å². The molecule has 0 saturated heterocycles. The van der Waals surface area contributed by atoms with E-state index in [0.717, 1.165) is 11.3 Å². The van der Waals surface area contributed by atoms with Crippen LogP contribution in [0.5, 0.6) is 17.2 Å². The fraction of sp³-hybridized carbons (Fsp3) is 0.211. The molecule has 0 atom stereocenters. The largest absolute Gasteiger partial charge is 0.493 e. The van der Waals surface area contributed by atoms with Crippen molar-refractivity contribution >= 4 is 30.2 Å². The smallest absolute Gasteiger partial charge is 0.217 e. The molecule has 0 fully saturated rings. The van der Waals surface area contributed by atoms with Crippen LogP contribution in [0.2, 0.25) is 0 Å². The summed E-state index contributed by atoms with van der Waals surface area (Å²) in [6.07, 6.45) is 1.69. The minimum atomic E-state index is 0.427. The third-order valence-corrected chi connectivity index (χ3v) is 5.27. The number of hydrogen-bond acceptors (Lipinski definition) is 7. The van der Waals surface area contributed by atoms with Crippen LogP contribution in [0, 0.1) is 4.77 Å². The number of rotatable bonds is 6. The van der Waals surface area contributed by atoms with Crippen LogP contribution < -0.4 is 14.2 Å². The fourth-order valence-corrected chi connectivity index (χ4v) is 3.78. The molecule has 7 nitrogen and oxygen atoms in total. The predicted octanol–water partition coefficient (Wildman–Crippen LogP) is 3.89. The molecule has 0 saturated carbocycles. The molecule has 1 aromatic heterocycles. The van der Waals surface area contributed by atoms with Gasteiger partial charge in [0.2, 0.25) is 15.7 Å². The summed E-state index contributed by atoms with van der Waals surface area (Å²) in [5, 5.41) is 12.2. The van der Waals surface area contributed by atoms with Crippen LogP contribution in [0.1, 0.15) is 11.1 Å². The van der Waals surface area contributed by atoms with Crippen molar-refractivity contribution in [2.45, 2.75) is 10.9 Å². The van der Waals surface area contributed by atoms with E-state index in [2.05, 4.69) is 27.4 Å². The lowest BCUT2D eigenvalue weighted by molar-refractivity contribution is 0.165. The van der Waals surface area contributed by atoms with Gasteiger partial charge in [-0.15, -0.1) is 5.10 Å². The van der Waals surface area contributed by atoms with E-state index in [1.54, 1.807) is 29.8 Å². The van der Waals surface area contributed by atoms with E-state index in [9.17, 15) is 0 Å². The molecule has 0 amide bonds. The Bertz CT molecular complexity index is 1030. The second-order valence-corrected chi connectivity index (χ2v) is 7.22. The highest BCUT2D eigenvalue weighted by atomic mass is 32.2. The van der Waals surface area contributed by atoms with Gasteiger partial charge >= 0.3 is 0 Å². The van der Waals surface area contributed by atoms with E-state index in [1.165, 1.54) is 5.56 Å². The topological polar surface area (TPSA) is 73.7 Å². The highest BCUT2D eigenvalue weighted by molar-refractivity contribution is 7.98. The molecular weight excluding hydrogens is 396 g/mol. The van der Waals surface area contributed by atoms with E-state index < -0.39 is 0 Å². The van der Waals surface area contributed by atoms with Gasteiger partial charge in [0.15, 0.2) is 11.5 Å². The summed E-state index contributed by atoms with van der Waals surface area (Å²) in [6.45, 7) is 1.01. The normalized spacial score (nSPS) is 13.0. The quantitative estimate of drug-likeness (QED) is 0.375. The maximum absolute atomic E-state index is 5.66. The minimum absolute atomic E-state index is 0.427. The molecule has 4 rings (SSSR count). The molecular formula is C19H18N4O3S2. The molecule has 0 aliphatic carbocycles. The zero-order valence-electron chi connectivity index (χ0n) is 15.1. The van der Waals surface area contributed by atoms with Crippen molar-refractivity contribution in [1.29, 1.82) is 0 Å². The zero-order chi connectivity index (χ0) is 19.3. The number of hydrogen-bond donors (Lipinski definition) is 1. The summed E-state index contributed by atoms with van der Waals surface area (Å²) in [4.78, 5) is 0. The number of fused-ring (bicyclic) bond motifs is 1. The van der Waals surface area contributed by atoms with Crippen LogP contribution in [0.15, 0.2) is 52.7 Å². The Hall–Kier alpha value is -2.78. The molecule has 0 radical (unpaired) electrons. The molecule has 1 aliphatic heterocycles. The van der Waals surface area contributed by atoms with Gasteiger partial charge in [0, 0.05) is 11.3 Å². The van der Waals surface area contributed by atoms with Crippen LogP contribution in [-0.4, -0.2) is 41.4 Å². The second-order valence-electron chi connectivity index (χ2n) is 5.89. The Kier molecular flexibility index (Phi) is 5.63. The van der Waals surface area contributed by atoms with Crippen molar-refractivity contribution in [2.24, 2.45) is 5.10 Å². The van der Waals surface area contributed by atoms with Crippen molar-refractivity contribution in [1.82, 2.24) is 14.9 Å². The first kappa shape index (κ1) is 18.6. The van der Waals surface area contributed by atoms with Gasteiger partial charge in [-0.2, -0.15) is 9.78 Å². The number of nitrogens with zero attached hydrogens (tertiary/aromatic N) is 3. The maximum atomic E-state index is 5.66. The fourth-order valence-electron chi connectivity index (χ4n) is 2.69. The number of thioether (sulfide) groups is 1. The molecule has 2 heterocycles. The van der Waals surface area contributed by atoms with E-state index >= 15 is 0 Å². The summed E-state index contributed by atoms with van der Waals surface area (Å²) >= 11 is 6.87. The highest BCUT2D eigenvalue weighted by Crippen LogP contribution is 2.40. The summed E-state index contributed by atoms with van der Waals surface area (Å²) < 4.78 is 18.7. The molecule has 1 N–H and O–H groups in total. The third-order valence-electron chi connectivity index (χ3n) is 4.00. The van der Waals surface area contributed by atoms with E-state index in [1.807, 2.05) is 30.3 Å². The Morgan fingerprint density at radius 1 is 1.29 bits per heavy atom. The molecule has 144 valence electrons. The molecule has 2 aromatic carbocycles. The van der Waals surface area contributed by atoms with Crippen LogP contribution in [0.4, 0.5) is 0 Å². The Morgan fingerprint density at radius 3 is 2.93 bits per heavy atom. The second kappa shape index (κ2) is 8.49. The highest BCUT2D eigenvalue weighted by Gasteiger charge is 2.18. The number of aromatic amines is 1. The molecule has 1 aliphatic rings. The summed E-state index contributed by atoms with van der Waals surface area (Å²) in [5.74, 6) is 2.63. The number of ether oxygens (including phenoxy) is 3. The van der Waals surface area contributed by atoms with Gasteiger partial charge in [-0.05, 0) is 29.9 Å². The average molecular weight is 415 g/mol. The lowest BCUT2D eigenvalue weighted by Gasteiger charge is -2.20.